The van der Waals surface area contributed by atoms with Gasteiger partial charge in [0.1, 0.15) is 29.1 Å². The summed E-state index contributed by atoms with van der Waals surface area (Å²) in [6.07, 6.45) is 3.02. The highest BCUT2D eigenvalue weighted by atomic mass is 32.1. The van der Waals surface area contributed by atoms with Crippen molar-refractivity contribution in [2.24, 2.45) is 5.92 Å². The molecule has 1 heterocycles. The highest BCUT2D eigenvalue weighted by Crippen LogP contribution is 2.39. The number of ether oxygens (including phenoxy) is 2. The number of likely N-dealkylation sites (N-methyl/N-ethyl adjacent to an activating group) is 1. The van der Waals surface area contributed by atoms with E-state index < -0.39 is 0 Å². The summed E-state index contributed by atoms with van der Waals surface area (Å²) in [6, 6.07) is 8.00. The molecule has 0 saturated heterocycles. The molecule has 6 nitrogen and oxygen atoms in total. The van der Waals surface area contributed by atoms with Gasteiger partial charge in [0.15, 0.2) is 6.54 Å². The maximum Gasteiger partial charge on any atom is 0.280 e. The fourth-order valence-corrected chi connectivity index (χ4v) is 5.16. The predicted octanol–water partition coefficient (Wildman–Crippen LogP) is 2.42. The third-order valence-electron chi connectivity index (χ3n) is 5.33. The molecule has 3 rings (SSSR count). The number of fused-ring (bicyclic) bond motifs is 1. The number of nitrogens with one attached hydrogen (secondary N) is 2. The van der Waals surface area contributed by atoms with Crippen molar-refractivity contribution < 1.29 is 19.2 Å². The van der Waals surface area contributed by atoms with E-state index in [-0.39, 0.29) is 5.91 Å². The number of nitrogens with zero attached hydrogens (tertiary/aromatic N) is 1. The SMILES string of the molecule is COc1ccc(C[NH+](C)CC(=O)Nc2sc3c(c2C#N)CC[C@@H](C)C3)c(OC)c1. The van der Waals surface area contributed by atoms with Gasteiger partial charge in [-0.25, -0.2) is 0 Å². The molecule has 0 fully saturated rings. The van der Waals surface area contributed by atoms with Crippen LogP contribution >= 0.6 is 11.3 Å². The Balaban J connectivity index is 1.65. The topological polar surface area (TPSA) is 75.8 Å². The molecule has 1 unspecified atom stereocenters. The maximum atomic E-state index is 12.6. The Kier molecular flexibility index (Phi) is 6.78. The molecule has 7 heteroatoms. The van der Waals surface area contributed by atoms with Crippen LogP contribution in [0.3, 0.4) is 0 Å². The molecule has 0 aliphatic heterocycles. The minimum atomic E-state index is -0.0851. The van der Waals surface area contributed by atoms with Crippen LogP contribution in [0.15, 0.2) is 18.2 Å². The minimum Gasteiger partial charge on any atom is -0.497 e. The summed E-state index contributed by atoms with van der Waals surface area (Å²) in [5.74, 6) is 2.03. The van der Waals surface area contributed by atoms with E-state index in [0.717, 1.165) is 46.8 Å². The summed E-state index contributed by atoms with van der Waals surface area (Å²) in [4.78, 5) is 14.9. The molecular weight excluding hydrogens is 386 g/mol. The van der Waals surface area contributed by atoms with Crippen LogP contribution in [0.5, 0.6) is 11.5 Å². The van der Waals surface area contributed by atoms with Gasteiger partial charge in [0, 0.05) is 16.5 Å². The van der Waals surface area contributed by atoms with Crippen molar-refractivity contribution in [2.75, 3.05) is 33.1 Å². The van der Waals surface area contributed by atoms with Crippen LogP contribution in [-0.2, 0) is 24.2 Å². The third kappa shape index (κ3) is 4.89. The lowest BCUT2D eigenvalue weighted by atomic mass is 9.89. The molecule has 1 amide bonds. The second-order valence-corrected chi connectivity index (χ2v) is 8.81. The molecule has 1 aliphatic carbocycles. The standard InChI is InChI=1S/C22H27N3O3S/c1-14-5-8-17-18(11-23)22(29-20(17)9-14)24-21(26)13-25(2)12-15-6-7-16(27-3)10-19(15)28-4/h6-7,10,14H,5,8-9,12-13H2,1-4H3,(H,24,26)/p+1/t14-/m1/s1. The molecule has 1 aliphatic rings. The van der Waals surface area contributed by atoms with Crippen molar-refractivity contribution >= 4 is 22.2 Å². The normalized spacial score (nSPS) is 16.4. The first-order valence-corrected chi connectivity index (χ1v) is 10.6. The molecule has 2 aromatic rings. The summed E-state index contributed by atoms with van der Waals surface area (Å²) in [5, 5.41) is 13.3. The number of benzene rings is 1. The summed E-state index contributed by atoms with van der Waals surface area (Å²) < 4.78 is 10.7. The van der Waals surface area contributed by atoms with Crippen molar-refractivity contribution in [3.8, 4) is 17.6 Å². The lowest BCUT2D eigenvalue weighted by Gasteiger charge is -2.17. The van der Waals surface area contributed by atoms with E-state index in [1.54, 1.807) is 25.6 Å². The molecule has 1 aromatic carbocycles. The number of carbonyl (C=O) groups excluding carboxylic acids is 1. The van der Waals surface area contributed by atoms with Gasteiger partial charge in [-0.1, -0.05) is 6.92 Å². The highest BCUT2D eigenvalue weighted by molar-refractivity contribution is 7.16. The smallest absolute Gasteiger partial charge is 0.280 e. The lowest BCUT2D eigenvalue weighted by molar-refractivity contribution is -0.885. The largest absolute Gasteiger partial charge is 0.497 e. The molecule has 2 N–H and O–H groups in total. The van der Waals surface area contributed by atoms with Crippen LogP contribution in [0.2, 0.25) is 0 Å². The quantitative estimate of drug-likeness (QED) is 0.730. The van der Waals surface area contributed by atoms with Gasteiger partial charge in [-0.3, -0.25) is 4.79 Å². The van der Waals surface area contributed by atoms with E-state index in [9.17, 15) is 10.1 Å². The second kappa shape index (κ2) is 9.29. The molecule has 0 bridgehead atoms. The zero-order valence-electron chi connectivity index (χ0n) is 17.4. The Labute approximate surface area is 176 Å². The average Bonchev–Trinajstić information content (AvgIpc) is 3.03. The number of nitriles is 1. The van der Waals surface area contributed by atoms with E-state index in [0.29, 0.717) is 29.6 Å². The van der Waals surface area contributed by atoms with E-state index >= 15 is 0 Å². The molecule has 2 atom stereocenters. The number of anilines is 1. The van der Waals surface area contributed by atoms with E-state index in [1.807, 2.05) is 25.2 Å². The van der Waals surface area contributed by atoms with E-state index in [4.69, 9.17) is 9.47 Å². The fourth-order valence-electron chi connectivity index (χ4n) is 3.79. The van der Waals surface area contributed by atoms with Gasteiger partial charge in [0.2, 0.25) is 0 Å². The number of quaternary nitrogens is 1. The van der Waals surface area contributed by atoms with Gasteiger partial charge in [-0.05, 0) is 42.9 Å². The molecule has 154 valence electrons. The molecule has 0 radical (unpaired) electrons. The van der Waals surface area contributed by atoms with Crippen molar-refractivity contribution in [3.05, 3.63) is 39.8 Å². The number of methoxy groups -OCH3 is 2. The minimum absolute atomic E-state index is 0.0851. The zero-order valence-corrected chi connectivity index (χ0v) is 18.2. The Hall–Kier alpha value is -2.56. The van der Waals surface area contributed by atoms with E-state index in [1.165, 1.54) is 4.88 Å². The summed E-state index contributed by atoms with van der Waals surface area (Å²) in [6.45, 7) is 3.18. The number of thiophene rings is 1. The summed E-state index contributed by atoms with van der Waals surface area (Å²) in [5.41, 5.74) is 2.80. The zero-order chi connectivity index (χ0) is 21.0. The first kappa shape index (κ1) is 21.2. The van der Waals surface area contributed by atoms with Crippen molar-refractivity contribution in [1.82, 2.24) is 0 Å². The van der Waals surface area contributed by atoms with Crippen molar-refractivity contribution in [1.29, 1.82) is 5.26 Å². The number of amides is 1. The van der Waals surface area contributed by atoms with Gasteiger partial charge in [-0.15, -0.1) is 11.3 Å². The van der Waals surface area contributed by atoms with Gasteiger partial charge in [-0.2, -0.15) is 5.26 Å². The van der Waals surface area contributed by atoms with Crippen LogP contribution in [0.1, 0.15) is 34.9 Å². The summed E-state index contributed by atoms with van der Waals surface area (Å²) >= 11 is 1.56. The molecular formula is C22H28N3O3S+. The summed E-state index contributed by atoms with van der Waals surface area (Å²) in [7, 11) is 5.22. The Morgan fingerprint density at radius 3 is 2.86 bits per heavy atom. The lowest BCUT2D eigenvalue weighted by Crippen LogP contribution is -3.08. The Morgan fingerprint density at radius 1 is 1.38 bits per heavy atom. The molecule has 0 saturated carbocycles. The highest BCUT2D eigenvalue weighted by Gasteiger charge is 2.25. The molecule has 1 aromatic heterocycles. The fraction of sp³-hybridized carbons (Fsp3) is 0.455. The number of rotatable bonds is 7. The monoisotopic (exact) mass is 414 g/mol. The van der Waals surface area contributed by atoms with E-state index in [2.05, 4.69) is 18.3 Å². The number of hydrogen-bond acceptors (Lipinski definition) is 5. The van der Waals surface area contributed by atoms with Gasteiger partial charge in [0.25, 0.3) is 5.91 Å². The van der Waals surface area contributed by atoms with Crippen LogP contribution < -0.4 is 19.7 Å². The number of hydrogen-bond donors (Lipinski definition) is 2. The molecule has 29 heavy (non-hydrogen) atoms. The maximum absolute atomic E-state index is 12.6. The van der Waals surface area contributed by atoms with Gasteiger partial charge < -0.3 is 19.7 Å². The van der Waals surface area contributed by atoms with Crippen molar-refractivity contribution in [2.45, 2.75) is 32.7 Å². The first-order chi connectivity index (χ1) is 13.9. The van der Waals surface area contributed by atoms with Crippen LogP contribution in [-0.4, -0.2) is 33.7 Å². The van der Waals surface area contributed by atoms with Crippen LogP contribution in [0.4, 0.5) is 5.00 Å². The van der Waals surface area contributed by atoms with Gasteiger partial charge in [0.05, 0.1) is 26.8 Å². The predicted molar refractivity (Wildman–Crippen MR) is 114 cm³/mol. The second-order valence-electron chi connectivity index (χ2n) is 7.70. The average molecular weight is 415 g/mol. The number of carbonyl (C=O) groups is 1. The Morgan fingerprint density at radius 2 is 2.17 bits per heavy atom. The van der Waals surface area contributed by atoms with Crippen LogP contribution in [0, 0.1) is 17.2 Å². The van der Waals surface area contributed by atoms with Gasteiger partial charge >= 0.3 is 0 Å². The molecule has 0 spiro atoms. The first-order valence-electron chi connectivity index (χ1n) is 9.81. The van der Waals surface area contributed by atoms with Crippen molar-refractivity contribution in [3.63, 3.8) is 0 Å². The van der Waals surface area contributed by atoms with Crippen LogP contribution in [0.25, 0.3) is 0 Å². The third-order valence-corrected chi connectivity index (χ3v) is 6.50. The Bertz CT molecular complexity index is 932.